The fourth-order valence-corrected chi connectivity index (χ4v) is 5.87. The Morgan fingerprint density at radius 2 is 1.81 bits per heavy atom. The molecule has 8 heteroatoms. The second-order valence-corrected chi connectivity index (χ2v) is 10.7. The molecule has 1 aromatic heterocycles. The minimum Gasteiger partial charge on any atom is -0.492 e. The van der Waals surface area contributed by atoms with E-state index in [0.29, 0.717) is 24.4 Å². The Labute approximate surface area is 194 Å². The molecule has 0 amide bonds. The second-order valence-electron chi connectivity index (χ2n) is 8.10. The molecule has 3 aromatic rings. The third kappa shape index (κ3) is 5.09. The standard InChI is InChI=1S/C24H29N3O3S2/c1-4-30-23-12-9-20(14-22(23)27-15-17(2)25-18(3)16-27)26-32(28,29)21-10-7-19(8-11-21)24-6-5-13-31-24/h5-14,17-18,25-26H,4,15-16H2,1-3H3/t17-,18+. The van der Waals surface area contributed by atoms with Gasteiger partial charge in [-0.05, 0) is 68.1 Å². The molecule has 0 spiro atoms. The minimum absolute atomic E-state index is 0.234. The van der Waals surface area contributed by atoms with Gasteiger partial charge >= 0.3 is 0 Å². The molecule has 6 nitrogen and oxygen atoms in total. The van der Waals surface area contributed by atoms with Gasteiger partial charge in [0.1, 0.15) is 5.75 Å². The lowest BCUT2D eigenvalue weighted by Crippen LogP contribution is -2.54. The van der Waals surface area contributed by atoms with E-state index in [-0.39, 0.29) is 4.90 Å². The quantitative estimate of drug-likeness (QED) is 0.518. The Balaban J connectivity index is 1.59. The van der Waals surface area contributed by atoms with Crippen LogP contribution in [0.5, 0.6) is 5.75 Å². The van der Waals surface area contributed by atoms with Gasteiger partial charge in [-0.2, -0.15) is 0 Å². The van der Waals surface area contributed by atoms with Crippen LogP contribution in [0, 0.1) is 0 Å². The molecule has 1 saturated heterocycles. The van der Waals surface area contributed by atoms with Gasteiger partial charge in [0, 0.05) is 30.1 Å². The molecule has 170 valence electrons. The number of nitrogens with zero attached hydrogens (tertiary/aromatic N) is 1. The summed E-state index contributed by atoms with van der Waals surface area (Å²) in [4.78, 5) is 3.60. The van der Waals surface area contributed by atoms with E-state index in [1.165, 1.54) is 0 Å². The predicted octanol–water partition coefficient (Wildman–Crippen LogP) is 4.80. The predicted molar refractivity (Wildman–Crippen MR) is 132 cm³/mol. The number of nitrogens with one attached hydrogen (secondary N) is 2. The molecule has 0 saturated carbocycles. The molecule has 4 rings (SSSR count). The summed E-state index contributed by atoms with van der Waals surface area (Å²) >= 11 is 1.63. The summed E-state index contributed by atoms with van der Waals surface area (Å²) in [6.07, 6.45) is 0. The van der Waals surface area contributed by atoms with E-state index in [2.05, 4.69) is 28.8 Å². The first kappa shape index (κ1) is 22.6. The van der Waals surface area contributed by atoms with Crippen LogP contribution in [0.2, 0.25) is 0 Å². The summed E-state index contributed by atoms with van der Waals surface area (Å²) in [5.41, 5.74) is 2.43. The van der Waals surface area contributed by atoms with Gasteiger partial charge in [-0.3, -0.25) is 4.72 Å². The molecule has 2 N–H and O–H groups in total. The third-order valence-corrected chi connectivity index (χ3v) is 7.70. The fourth-order valence-electron chi connectivity index (χ4n) is 4.08. The van der Waals surface area contributed by atoms with Gasteiger partial charge in [-0.25, -0.2) is 8.42 Å². The number of ether oxygens (including phenoxy) is 1. The van der Waals surface area contributed by atoms with Crippen molar-refractivity contribution < 1.29 is 13.2 Å². The van der Waals surface area contributed by atoms with Gasteiger partial charge in [0.15, 0.2) is 0 Å². The maximum Gasteiger partial charge on any atom is 0.261 e. The van der Waals surface area contributed by atoms with E-state index >= 15 is 0 Å². The highest BCUT2D eigenvalue weighted by Gasteiger charge is 2.24. The Morgan fingerprint density at radius 1 is 1.09 bits per heavy atom. The first-order chi connectivity index (χ1) is 15.4. The molecule has 0 aliphatic carbocycles. The zero-order chi connectivity index (χ0) is 22.7. The van der Waals surface area contributed by atoms with E-state index in [1.54, 1.807) is 29.5 Å². The summed E-state index contributed by atoms with van der Waals surface area (Å²) < 4.78 is 34.7. The van der Waals surface area contributed by atoms with E-state index in [4.69, 9.17) is 4.74 Å². The number of piperazine rings is 1. The average Bonchev–Trinajstić information content (AvgIpc) is 3.29. The normalized spacial score (nSPS) is 19.0. The summed E-state index contributed by atoms with van der Waals surface area (Å²) in [6.45, 7) is 8.44. The Bertz CT molecular complexity index is 1140. The Hall–Kier alpha value is -2.55. The fraction of sp³-hybridized carbons (Fsp3) is 0.333. The molecule has 2 atom stereocenters. The van der Waals surface area contributed by atoms with Crippen LogP contribution in [0.25, 0.3) is 10.4 Å². The van der Waals surface area contributed by atoms with Gasteiger partial charge in [0.05, 0.1) is 22.9 Å². The molecule has 2 heterocycles. The van der Waals surface area contributed by atoms with Gasteiger partial charge in [-0.15, -0.1) is 11.3 Å². The minimum atomic E-state index is -3.71. The van der Waals surface area contributed by atoms with Crippen LogP contribution in [-0.2, 0) is 10.0 Å². The van der Waals surface area contributed by atoms with Crippen molar-refractivity contribution in [3.63, 3.8) is 0 Å². The number of thiophene rings is 1. The molecule has 1 aliphatic rings. The van der Waals surface area contributed by atoms with E-state index in [9.17, 15) is 8.42 Å². The zero-order valence-corrected chi connectivity index (χ0v) is 20.2. The molecule has 2 aromatic carbocycles. The van der Waals surface area contributed by atoms with Crippen molar-refractivity contribution in [1.82, 2.24) is 5.32 Å². The number of hydrogen-bond acceptors (Lipinski definition) is 6. The molecular formula is C24H29N3O3S2. The molecule has 32 heavy (non-hydrogen) atoms. The lowest BCUT2D eigenvalue weighted by Gasteiger charge is -2.38. The molecule has 0 bridgehead atoms. The van der Waals surface area contributed by atoms with E-state index in [0.717, 1.165) is 35.0 Å². The zero-order valence-electron chi connectivity index (χ0n) is 18.5. The number of hydrogen-bond donors (Lipinski definition) is 2. The summed E-state index contributed by atoms with van der Waals surface area (Å²) in [5.74, 6) is 0.761. The van der Waals surface area contributed by atoms with Crippen LogP contribution in [0.3, 0.4) is 0 Å². The number of benzene rings is 2. The SMILES string of the molecule is CCOc1ccc(NS(=O)(=O)c2ccc(-c3cccs3)cc2)cc1N1C[C@@H](C)N[C@@H](C)C1. The maximum absolute atomic E-state index is 13.0. The first-order valence-corrected chi connectivity index (χ1v) is 13.2. The molecule has 0 unspecified atom stereocenters. The summed E-state index contributed by atoms with van der Waals surface area (Å²) in [7, 11) is -3.71. The second kappa shape index (κ2) is 9.52. The molecule has 1 fully saturated rings. The highest BCUT2D eigenvalue weighted by atomic mass is 32.2. The van der Waals surface area contributed by atoms with Crippen molar-refractivity contribution in [3.8, 4) is 16.2 Å². The monoisotopic (exact) mass is 471 g/mol. The van der Waals surface area contributed by atoms with Gasteiger partial charge in [0.25, 0.3) is 10.0 Å². The maximum atomic E-state index is 13.0. The number of anilines is 2. The van der Waals surface area contributed by atoms with Gasteiger partial charge in [-0.1, -0.05) is 18.2 Å². The van der Waals surface area contributed by atoms with Gasteiger partial charge < -0.3 is 15.0 Å². The topological polar surface area (TPSA) is 70.7 Å². The van der Waals surface area contributed by atoms with Crippen LogP contribution in [-0.4, -0.2) is 40.2 Å². The van der Waals surface area contributed by atoms with Crippen molar-refractivity contribution in [2.45, 2.75) is 37.8 Å². The largest absolute Gasteiger partial charge is 0.492 e. The lowest BCUT2D eigenvalue weighted by molar-refractivity contribution is 0.337. The van der Waals surface area contributed by atoms with Crippen molar-refractivity contribution in [3.05, 3.63) is 60.0 Å². The van der Waals surface area contributed by atoms with Gasteiger partial charge in [0.2, 0.25) is 0 Å². The van der Waals surface area contributed by atoms with Crippen LogP contribution in [0.15, 0.2) is 64.9 Å². The summed E-state index contributed by atoms with van der Waals surface area (Å²) in [6, 6.07) is 17.1. The van der Waals surface area contributed by atoms with Crippen LogP contribution in [0.4, 0.5) is 11.4 Å². The van der Waals surface area contributed by atoms with E-state index < -0.39 is 10.0 Å². The first-order valence-electron chi connectivity index (χ1n) is 10.8. The van der Waals surface area contributed by atoms with Crippen molar-refractivity contribution in [2.75, 3.05) is 29.3 Å². The molecule has 1 aliphatic heterocycles. The Morgan fingerprint density at radius 3 is 2.44 bits per heavy atom. The highest BCUT2D eigenvalue weighted by molar-refractivity contribution is 7.92. The lowest BCUT2D eigenvalue weighted by atomic mass is 10.1. The molecular weight excluding hydrogens is 442 g/mol. The van der Waals surface area contributed by atoms with Crippen LogP contribution in [0.1, 0.15) is 20.8 Å². The van der Waals surface area contributed by atoms with Crippen LogP contribution < -0.4 is 19.7 Å². The number of rotatable bonds is 7. The van der Waals surface area contributed by atoms with E-state index in [1.807, 2.05) is 48.7 Å². The smallest absolute Gasteiger partial charge is 0.261 e. The van der Waals surface area contributed by atoms with Crippen molar-refractivity contribution in [1.29, 1.82) is 0 Å². The summed E-state index contributed by atoms with van der Waals surface area (Å²) in [5, 5.41) is 5.53. The van der Waals surface area contributed by atoms with Crippen molar-refractivity contribution >= 4 is 32.7 Å². The average molecular weight is 472 g/mol. The highest BCUT2D eigenvalue weighted by Crippen LogP contribution is 2.34. The number of sulfonamides is 1. The Kier molecular flexibility index (Phi) is 6.74. The third-order valence-electron chi connectivity index (χ3n) is 5.38. The van der Waals surface area contributed by atoms with Crippen molar-refractivity contribution in [2.24, 2.45) is 0 Å². The molecule has 0 radical (unpaired) electrons. The van der Waals surface area contributed by atoms with Crippen LogP contribution >= 0.6 is 11.3 Å².